The molecule has 3 rings (SSSR count). The molecule has 0 fully saturated rings. The molecule has 0 saturated heterocycles. The highest BCUT2D eigenvalue weighted by atomic mass is 19.4. The van der Waals surface area contributed by atoms with Gasteiger partial charge in [-0.25, -0.2) is 14.4 Å². The van der Waals surface area contributed by atoms with Crippen molar-refractivity contribution < 1.29 is 37.4 Å². The largest absolute Gasteiger partial charge is 0.478 e. The molecule has 0 radical (unpaired) electrons. The Morgan fingerprint density at radius 1 is 1.31 bits per heavy atom. The SMILES string of the molecule is COC(=O)C1=C(C)N(c2cccc(C(F)(F)F)c2)C(=N)N(C(N)=O)C1C1=CCC(C#N)C=C1C(=O)O. The summed E-state index contributed by atoms with van der Waals surface area (Å²) in [6.45, 7) is 1.32. The molecule has 0 saturated carbocycles. The van der Waals surface area contributed by atoms with E-state index in [1.165, 1.54) is 19.1 Å². The number of nitriles is 1. The number of ether oxygens (including phenoxy) is 1. The molecular weight excluding hydrogens is 483 g/mol. The van der Waals surface area contributed by atoms with Crippen molar-refractivity contribution in [2.75, 3.05) is 12.0 Å². The number of primary amides is 1. The fourth-order valence-electron chi connectivity index (χ4n) is 4.14. The van der Waals surface area contributed by atoms with Crippen LogP contribution in [0.25, 0.3) is 0 Å². The summed E-state index contributed by atoms with van der Waals surface area (Å²) in [6.07, 6.45) is -2.16. The van der Waals surface area contributed by atoms with Gasteiger partial charge in [-0.05, 0) is 37.1 Å². The van der Waals surface area contributed by atoms with Crippen LogP contribution in [0.1, 0.15) is 18.9 Å². The van der Waals surface area contributed by atoms with E-state index < -0.39 is 53.2 Å². The van der Waals surface area contributed by atoms with Crippen molar-refractivity contribution in [3.05, 3.63) is 64.4 Å². The van der Waals surface area contributed by atoms with Crippen molar-refractivity contribution in [3.8, 4) is 6.07 Å². The highest BCUT2D eigenvalue weighted by Gasteiger charge is 2.46. The number of carbonyl (C=O) groups excluding carboxylic acids is 2. The zero-order chi connectivity index (χ0) is 26.9. The number of nitrogens with two attached hydrogens (primary N) is 1. The molecular formula is C23H20F3N5O5. The van der Waals surface area contributed by atoms with Gasteiger partial charge in [-0.2, -0.15) is 18.4 Å². The quantitative estimate of drug-likeness (QED) is 0.532. The number of halogens is 3. The number of esters is 1. The number of carbonyl (C=O) groups is 3. The zero-order valence-corrected chi connectivity index (χ0v) is 19.0. The minimum Gasteiger partial charge on any atom is -0.478 e. The number of carboxylic acids is 1. The second-order valence-corrected chi connectivity index (χ2v) is 7.82. The summed E-state index contributed by atoms with van der Waals surface area (Å²) >= 11 is 0. The second-order valence-electron chi connectivity index (χ2n) is 7.82. The van der Waals surface area contributed by atoms with Crippen LogP contribution in [0.2, 0.25) is 0 Å². The van der Waals surface area contributed by atoms with Gasteiger partial charge in [0.15, 0.2) is 0 Å². The number of carboxylic acid groups (broad SMARTS) is 1. The zero-order valence-electron chi connectivity index (χ0n) is 19.0. The minimum atomic E-state index is -4.71. The molecule has 188 valence electrons. The van der Waals surface area contributed by atoms with Crippen molar-refractivity contribution in [1.29, 1.82) is 10.7 Å². The number of aliphatic carboxylic acids is 1. The van der Waals surface area contributed by atoms with Gasteiger partial charge in [-0.1, -0.05) is 18.2 Å². The maximum atomic E-state index is 13.3. The molecule has 2 unspecified atom stereocenters. The predicted molar refractivity (Wildman–Crippen MR) is 119 cm³/mol. The van der Waals surface area contributed by atoms with E-state index in [-0.39, 0.29) is 29.0 Å². The molecule has 2 aliphatic rings. The van der Waals surface area contributed by atoms with Crippen LogP contribution in [0.3, 0.4) is 0 Å². The first-order valence-electron chi connectivity index (χ1n) is 10.3. The Balaban J connectivity index is 2.31. The number of rotatable bonds is 4. The molecule has 0 bridgehead atoms. The lowest BCUT2D eigenvalue weighted by Gasteiger charge is -2.44. The molecule has 0 aromatic heterocycles. The number of hydrogen-bond donors (Lipinski definition) is 3. The predicted octanol–water partition coefficient (Wildman–Crippen LogP) is 3.14. The Morgan fingerprint density at radius 3 is 2.50 bits per heavy atom. The third-order valence-corrected chi connectivity index (χ3v) is 5.73. The maximum absolute atomic E-state index is 13.3. The van der Waals surface area contributed by atoms with Gasteiger partial charge >= 0.3 is 24.1 Å². The third kappa shape index (κ3) is 4.52. The number of amides is 2. The standard InChI is InChI=1S/C23H20F3N5O5/c1-11-17(20(34)36-2)18(15-7-6-12(10-27)8-16(15)19(32)33)31(22(29)35)21(28)30(11)14-5-3-4-13(9-14)23(24,25)26/h3-5,7-9,12,18,28H,6H2,1-2H3,(H2,29,35)(H,32,33). The Bertz CT molecular complexity index is 1290. The van der Waals surface area contributed by atoms with Gasteiger partial charge in [0.25, 0.3) is 0 Å². The number of nitrogens with zero attached hydrogens (tertiary/aromatic N) is 3. The van der Waals surface area contributed by atoms with Gasteiger partial charge in [0, 0.05) is 11.4 Å². The van der Waals surface area contributed by atoms with Crippen LogP contribution in [0, 0.1) is 22.7 Å². The lowest BCUT2D eigenvalue weighted by molar-refractivity contribution is -0.138. The van der Waals surface area contributed by atoms with Gasteiger partial charge in [0.05, 0.1) is 35.8 Å². The van der Waals surface area contributed by atoms with E-state index in [4.69, 9.17) is 15.9 Å². The molecule has 10 nitrogen and oxygen atoms in total. The van der Waals surface area contributed by atoms with Crippen LogP contribution < -0.4 is 10.6 Å². The number of allylic oxidation sites excluding steroid dienone is 3. The van der Waals surface area contributed by atoms with E-state index in [0.717, 1.165) is 36.3 Å². The fraction of sp³-hybridized carbons (Fsp3) is 0.261. The molecule has 4 N–H and O–H groups in total. The lowest BCUT2D eigenvalue weighted by atomic mass is 9.82. The number of methoxy groups -OCH3 is 1. The summed E-state index contributed by atoms with van der Waals surface area (Å²) in [7, 11) is 1.03. The minimum absolute atomic E-state index is 0.0455. The Hall–Kier alpha value is -4.60. The fourth-order valence-corrected chi connectivity index (χ4v) is 4.14. The highest BCUT2D eigenvalue weighted by Crippen LogP contribution is 2.40. The molecule has 1 heterocycles. The first kappa shape index (κ1) is 26.0. The van der Waals surface area contributed by atoms with Crippen LogP contribution >= 0.6 is 0 Å². The molecule has 1 aliphatic heterocycles. The summed E-state index contributed by atoms with van der Waals surface area (Å²) in [6, 6.07) is 2.97. The van der Waals surface area contributed by atoms with Crippen LogP contribution in [0.15, 0.2) is 58.8 Å². The Labute approximate surface area is 202 Å². The van der Waals surface area contributed by atoms with Crippen molar-refractivity contribution in [1.82, 2.24) is 4.90 Å². The molecule has 0 spiro atoms. The number of benzene rings is 1. The first-order valence-corrected chi connectivity index (χ1v) is 10.3. The molecule has 1 aliphatic carbocycles. The van der Waals surface area contributed by atoms with Crippen molar-refractivity contribution in [3.63, 3.8) is 0 Å². The van der Waals surface area contributed by atoms with Gasteiger partial charge in [0.1, 0.15) is 6.04 Å². The molecule has 36 heavy (non-hydrogen) atoms. The van der Waals surface area contributed by atoms with Gasteiger partial charge < -0.3 is 15.6 Å². The summed E-state index contributed by atoms with van der Waals surface area (Å²) < 4.78 is 44.9. The number of nitrogens with one attached hydrogen (secondary N) is 1. The van der Waals surface area contributed by atoms with E-state index in [0.29, 0.717) is 4.90 Å². The topological polar surface area (TPSA) is 161 Å². The van der Waals surface area contributed by atoms with E-state index in [1.54, 1.807) is 0 Å². The van der Waals surface area contributed by atoms with Gasteiger partial charge in [-0.3, -0.25) is 15.2 Å². The first-order chi connectivity index (χ1) is 16.8. The molecule has 1 aromatic rings. The maximum Gasteiger partial charge on any atom is 0.416 e. The van der Waals surface area contributed by atoms with E-state index in [9.17, 15) is 37.9 Å². The Kier molecular flexibility index (Phi) is 6.91. The molecule has 2 atom stereocenters. The molecule has 1 aromatic carbocycles. The number of guanidine groups is 1. The summed E-state index contributed by atoms with van der Waals surface area (Å²) in [5.41, 5.74) is 3.41. The number of hydrogen-bond acceptors (Lipinski definition) is 6. The summed E-state index contributed by atoms with van der Waals surface area (Å²) in [5, 5.41) is 27.6. The highest BCUT2D eigenvalue weighted by molar-refractivity contribution is 6.11. The average molecular weight is 503 g/mol. The monoisotopic (exact) mass is 503 g/mol. The lowest BCUT2D eigenvalue weighted by Crippen LogP contribution is -2.59. The van der Waals surface area contributed by atoms with Gasteiger partial charge in [0.2, 0.25) is 5.96 Å². The Morgan fingerprint density at radius 2 is 1.97 bits per heavy atom. The third-order valence-electron chi connectivity index (χ3n) is 5.73. The van der Waals surface area contributed by atoms with Crippen LogP contribution in [-0.2, 0) is 20.5 Å². The van der Waals surface area contributed by atoms with Crippen LogP contribution in [0.5, 0.6) is 0 Å². The van der Waals surface area contributed by atoms with E-state index in [1.807, 2.05) is 6.07 Å². The van der Waals surface area contributed by atoms with E-state index >= 15 is 0 Å². The van der Waals surface area contributed by atoms with Crippen molar-refractivity contribution >= 4 is 29.6 Å². The smallest absolute Gasteiger partial charge is 0.416 e. The molecule has 13 heteroatoms. The van der Waals surface area contributed by atoms with Crippen LogP contribution in [0.4, 0.5) is 23.7 Å². The van der Waals surface area contributed by atoms with Crippen LogP contribution in [-0.4, -0.2) is 47.1 Å². The number of alkyl halides is 3. The van der Waals surface area contributed by atoms with E-state index in [2.05, 4.69) is 0 Å². The number of urea groups is 1. The number of anilines is 1. The molecule has 2 amide bonds. The summed E-state index contributed by atoms with van der Waals surface area (Å²) in [4.78, 5) is 39.0. The second kappa shape index (κ2) is 9.57. The van der Waals surface area contributed by atoms with Crippen molar-refractivity contribution in [2.24, 2.45) is 11.7 Å². The normalized spacial score (nSPS) is 20.4. The average Bonchev–Trinajstić information content (AvgIpc) is 2.82. The summed E-state index contributed by atoms with van der Waals surface area (Å²) in [5.74, 6) is -4.00. The van der Waals surface area contributed by atoms with Gasteiger partial charge in [-0.15, -0.1) is 0 Å². The van der Waals surface area contributed by atoms with Crippen molar-refractivity contribution in [2.45, 2.75) is 25.6 Å².